The van der Waals surface area contributed by atoms with Crippen LogP contribution in [0.3, 0.4) is 0 Å². The number of nitrogens with zero attached hydrogens (tertiary/aromatic N) is 2. The second kappa shape index (κ2) is 5.05. The standard InChI is InChI=1S/C15H19N3O/c1-11-14-9-16-8-7-15(14)18(17-11)10-12-3-5-13(19-2)6-4-12/h3-6,16H,7-10H2,1-2H3. The molecule has 0 fully saturated rings. The van der Waals surface area contributed by atoms with E-state index in [1.54, 1.807) is 7.11 Å². The van der Waals surface area contributed by atoms with E-state index in [1.807, 2.05) is 12.1 Å². The summed E-state index contributed by atoms with van der Waals surface area (Å²) in [6.45, 7) is 4.92. The molecule has 4 nitrogen and oxygen atoms in total. The Hall–Kier alpha value is -1.81. The van der Waals surface area contributed by atoms with Gasteiger partial charge in [0, 0.05) is 30.8 Å². The first kappa shape index (κ1) is 12.2. The Kier molecular flexibility index (Phi) is 3.25. The first-order valence-electron chi connectivity index (χ1n) is 6.66. The molecule has 4 heteroatoms. The molecule has 1 aromatic carbocycles. The van der Waals surface area contributed by atoms with Gasteiger partial charge in [0.2, 0.25) is 0 Å². The number of aryl methyl sites for hydroxylation is 1. The minimum Gasteiger partial charge on any atom is -0.497 e. The summed E-state index contributed by atoms with van der Waals surface area (Å²) in [7, 11) is 1.69. The quantitative estimate of drug-likeness (QED) is 0.912. The lowest BCUT2D eigenvalue weighted by molar-refractivity contribution is 0.414. The molecule has 0 aliphatic carbocycles. The molecule has 0 saturated heterocycles. The van der Waals surface area contributed by atoms with Gasteiger partial charge < -0.3 is 10.1 Å². The minimum absolute atomic E-state index is 0.833. The van der Waals surface area contributed by atoms with Gasteiger partial charge in [-0.1, -0.05) is 12.1 Å². The third-order valence-corrected chi connectivity index (χ3v) is 3.70. The maximum Gasteiger partial charge on any atom is 0.118 e. The molecule has 0 atom stereocenters. The van der Waals surface area contributed by atoms with Gasteiger partial charge in [-0.25, -0.2) is 0 Å². The second-order valence-electron chi connectivity index (χ2n) is 4.94. The molecule has 0 bridgehead atoms. The summed E-state index contributed by atoms with van der Waals surface area (Å²) >= 11 is 0. The predicted molar refractivity (Wildman–Crippen MR) is 74.5 cm³/mol. The van der Waals surface area contributed by atoms with Crippen LogP contribution in [0.4, 0.5) is 0 Å². The van der Waals surface area contributed by atoms with Gasteiger partial charge in [0.05, 0.1) is 19.3 Å². The molecule has 0 unspecified atom stereocenters. The van der Waals surface area contributed by atoms with Gasteiger partial charge in [0.25, 0.3) is 0 Å². The van der Waals surface area contributed by atoms with Gasteiger partial charge in [-0.05, 0) is 24.6 Å². The first-order valence-corrected chi connectivity index (χ1v) is 6.66. The number of rotatable bonds is 3. The van der Waals surface area contributed by atoms with Gasteiger partial charge in [-0.2, -0.15) is 5.10 Å². The van der Waals surface area contributed by atoms with Crippen molar-refractivity contribution in [3.8, 4) is 5.75 Å². The average Bonchev–Trinajstić information content (AvgIpc) is 2.77. The molecule has 1 N–H and O–H groups in total. The Morgan fingerprint density at radius 1 is 1.32 bits per heavy atom. The molecule has 2 aromatic rings. The van der Waals surface area contributed by atoms with Crippen LogP contribution in [0, 0.1) is 6.92 Å². The van der Waals surface area contributed by atoms with Gasteiger partial charge in [-0.15, -0.1) is 0 Å². The van der Waals surface area contributed by atoms with Crippen molar-refractivity contribution < 1.29 is 4.74 Å². The van der Waals surface area contributed by atoms with E-state index in [9.17, 15) is 0 Å². The van der Waals surface area contributed by atoms with Crippen LogP contribution in [0.2, 0.25) is 0 Å². The number of hydrogen-bond acceptors (Lipinski definition) is 3. The van der Waals surface area contributed by atoms with Crippen molar-refractivity contribution in [2.75, 3.05) is 13.7 Å². The fourth-order valence-corrected chi connectivity index (χ4v) is 2.63. The number of methoxy groups -OCH3 is 1. The fourth-order valence-electron chi connectivity index (χ4n) is 2.63. The summed E-state index contributed by atoms with van der Waals surface area (Å²) in [6, 6.07) is 8.20. The Bertz CT molecular complexity index is 572. The smallest absolute Gasteiger partial charge is 0.118 e. The van der Waals surface area contributed by atoms with Crippen LogP contribution in [-0.4, -0.2) is 23.4 Å². The first-order chi connectivity index (χ1) is 9.28. The summed E-state index contributed by atoms with van der Waals surface area (Å²) in [5.74, 6) is 0.895. The molecule has 2 heterocycles. The molecule has 100 valence electrons. The molecule has 1 aliphatic rings. The maximum absolute atomic E-state index is 5.18. The number of fused-ring (bicyclic) bond motifs is 1. The van der Waals surface area contributed by atoms with E-state index in [1.165, 1.54) is 16.8 Å². The van der Waals surface area contributed by atoms with Crippen molar-refractivity contribution in [1.29, 1.82) is 0 Å². The van der Waals surface area contributed by atoms with Crippen molar-refractivity contribution in [2.24, 2.45) is 0 Å². The lowest BCUT2D eigenvalue weighted by Gasteiger charge is -2.15. The lowest BCUT2D eigenvalue weighted by Crippen LogP contribution is -2.25. The molecule has 1 aromatic heterocycles. The van der Waals surface area contributed by atoms with E-state index < -0.39 is 0 Å². The summed E-state index contributed by atoms with van der Waals surface area (Å²) < 4.78 is 7.33. The molecule has 0 radical (unpaired) electrons. The van der Waals surface area contributed by atoms with Gasteiger partial charge in [0.1, 0.15) is 5.75 Å². The van der Waals surface area contributed by atoms with E-state index in [0.717, 1.165) is 37.5 Å². The van der Waals surface area contributed by atoms with Crippen LogP contribution in [0.25, 0.3) is 0 Å². The van der Waals surface area contributed by atoms with Crippen LogP contribution in [0.1, 0.15) is 22.5 Å². The number of aromatic nitrogens is 2. The van der Waals surface area contributed by atoms with E-state index in [-0.39, 0.29) is 0 Å². The average molecular weight is 257 g/mol. The van der Waals surface area contributed by atoms with Crippen molar-refractivity contribution in [3.63, 3.8) is 0 Å². The lowest BCUT2D eigenvalue weighted by atomic mass is 10.1. The monoisotopic (exact) mass is 257 g/mol. The molecule has 3 rings (SSSR count). The Balaban J connectivity index is 1.86. The Morgan fingerprint density at radius 3 is 2.84 bits per heavy atom. The van der Waals surface area contributed by atoms with Crippen molar-refractivity contribution in [1.82, 2.24) is 15.1 Å². The third kappa shape index (κ3) is 2.36. The zero-order valence-electron chi connectivity index (χ0n) is 11.4. The van der Waals surface area contributed by atoms with Crippen molar-refractivity contribution in [3.05, 3.63) is 46.8 Å². The van der Waals surface area contributed by atoms with Crippen LogP contribution >= 0.6 is 0 Å². The van der Waals surface area contributed by atoms with E-state index >= 15 is 0 Å². The summed E-state index contributed by atoms with van der Waals surface area (Å²) in [6.07, 6.45) is 1.06. The molecular weight excluding hydrogens is 238 g/mol. The Labute approximate surface area is 113 Å². The number of ether oxygens (including phenoxy) is 1. The summed E-state index contributed by atoms with van der Waals surface area (Å²) in [5.41, 5.74) is 5.16. The highest BCUT2D eigenvalue weighted by atomic mass is 16.5. The SMILES string of the molecule is COc1ccc(Cn2nc(C)c3c2CCNC3)cc1. The summed E-state index contributed by atoms with van der Waals surface area (Å²) in [5, 5.41) is 8.08. The van der Waals surface area contributed by atoms with Crippen molar-refractivity contribution >= 4 is 0 Å². The van der Waals surface area contributed by atoms with Crippen LogP contribution in [0.5, 0.6) is 5.75 Å². The normalized spacial score (nSPS) is 14.2. The number of benzene rings is 1. The van der Waals surface area contributed by atoms with Crippen LogP contribution in [0.15, 0.2) is 24.3 Å². The molecular formula is C15H19N3O. The van der Waals surface area contributed by atoms with Crippen LogP contribution in [-0.2, 0) is 19.5 Å². The zero-order chi connectivity index (χ0) is 13.2. The largest absolute Gasteiger partial charge is 0.497 e. The van der Waals surface area contributed by atoms with Gasteiger partial charge in [0.15, 0.2) is 0 Å². The van der Waals surface area contributed by atoms with Crippen molar-refractivity contribution in [2.45, 2.75) is 26.4 Å². The zero-order valence-corrected chi connectivity index (χ0v) is 11.4. The minimum atomic E-state index is 0.833. The highest BCUT2D eigenvalue weighted by Crippen LogP contribution is 2.19. The summed E-state index contributed by atoms with van der Waals surface area (Å²) in [4.78, 5) is 0. The molecule has 19 heavy (non-hydrogen) atoms. The fraction of sp³-hybridized carbons (Fsp3) is 0.400. The van der Waals surface area contributed by atoms with Gasteiger partial charge >= 0.3 is 0 Å². The highest BCUT2D eigenvalue weighted by molar-refractivity contribution is 5.30. The predicted octanol–water partition coefficient (Wildman–Crippen LogP) is 1.89. The molecule has 0 saturated carbocycles. The topological polar surface area (TPSA) is 39.1 Å². The Morgan fingerprint density at radius 2 is 2.11 bits per heavy atom. The molecule has 1 aliphatic heterocycles. The second-order valence-corrected chi connectivity index (χ2v) is 4.94. The highest BCUT2D eigenvalue weighted by Gasteiger charge is 2.17. The third-order valence-electron chi connectivity index (χ3n) is 3.70. The molecule has 0 amide bonds. The van der Waals surface area contributed by atoms with E-state index in [2.05, 4.69) is 34.2 Å². The van der Waals surface area contributed by atoms with E-state index in [4.69, 9.17) is 4.74 Å². The number of nitrogens with one attached hydrogen (secondary N) is 1. The van der Waals surface area contributed by atoms with Crippen LogP contribution < -0.4 is 10.1 Å². The van der Waals surface area contributed by atoms with Gasteiger partial charge in [-0.3, -0.25) is 4.68 Å². The maximum atomic E-state index is 5.18. The molecule has 0 spiro atoms. The van der Waals surface area contributed by atoms with E-state index in [0.29, 0.717) is 0 Å². The number of hydrogen-bond donors (Lipinski definition) is 1.